The third-order valence-corrected chi connectivity index (χ3v) is 4.30. The van der Waals surface area contributed by atoms with Gasteiger partial charge in [0.1, 0.15) is 5.75 Å². The van der Waals surface area contributed by atoms with E-state index in [0.717, 1.165) is 21.3 Å². The van der Waals surface area contributed by atoms with Crippen LogP contribution in [0.4, 0.5) is 5.82 Å². The molecule has 2 aromatic carbocycles. The first-order valence-electron chi connectivity index (χ1n) is 8.04. The molecule has 1 N–H and O–H groups in total. The molecule has 26 heavy (non-hydrogen) atoms. The highest BCUT2D eigenvalue weighted by atomic mass is 79.9. The molecule has 0 saturated heterocycles. The van der Waals surface area contributed by atoms with Gasteiger partial charge in [0.25, 0.3) is 0 Å². The van der Waals surface area contributed by atoms with Crippen molar-refractivity contribution in [2.24, 2.45) is 0 Å². The Morgan fingerprint density at radius 2 is 2.04 bits per heavy atom. The molecule has 0 unspecified atom stereocenters. The van der Waals surface area contributed by atoms with E-state index in [1.54, 1.807) is 23.9 Å². The molecule has 0 fully saturated rings. The number of aromatic nitrogens is 2. The van der Waals surface area contributed by atoms with E-state index in [1.165, 1.54) is 6.08 Å². The van der Waals surface area contributed by atoms with Crippen molar-refractivity contribution in [1.82, 2.24) is 9.78 Å². The highest BCUT2D eigenvalue weighted by Gasteiger charge is 2.04. The lowest BCUT2D eigenvalue weighted by Crippen LogP contribution is -2.09. The lowest BCUT2D eigenvalue weighted by Gasteiger charge is -2.03. The van der Waals surface area contributed by atoms with Gasteiger partial charge in [0.2, 0.25) is 5.91 Å². The van der Waals surface area contributed by atoms with E-state index in [9.17, 15) is 4.79 Å². The Morgan fingerprint density at radius 3 is 2.77 bits per heavy atom. The van der Waals surface area contributed by atoms with E-state index < -0.39 is 0 Å². The van der Waals surface area contributed by atoms with Crippen LogP contribution >= 0.6 is 15.9 Å². The number of halogens is 1. The van der Waals surface area contributed by atoms with Crippen molar-refractivity contribution in [3.63, 3.8) is 0 Å². The molecule has 6 heteroatoms. The summed E-state index contributed by atoms with van der Waals surface area (Å²) in [7, 11) is 1.61. The average molecular weight is 412 g/mol. The number of rotatable bonds is 6. The zero-order valence-electron chi connectivity index (χ0n) is 14.2. The zero-order valence-corrected chi connectivity index (χ0v) is 15.8. The number of anilines is 1. The fourth-order valence-electron chi connectivity index (χ4n) is 2.41. The summed E-state index contributed by atoms with van der Waals surface area (Å²) in [5, 5.41) is 7.13. The second kappa shape index (κ2) is 8.49. The Kier molecular flexibility index (Phi) is 5.86. The summed E-state index contributed by atoms with van der Waals surface area (Å²) in [5.74, 6) is 1.03. The summed E-state index contributed by atoms with van der Waals surface area (Å²) in [5.41, 5.74) is 2.04. The van der Waals surface area contributed by atoms with Gasteiger partial charge in [0, 0.05) is 18.3 Å². The monoisotopic (exact) mass is 411 g/mol. The minimum Gasteiger partial charge on any atom is -0.496 e. The molecule has 0 aliphatic rings. The lowest BCUT2D eigenvalue weighted by atomic mass is 10.2. The largest absolute Gasteiger partial charge is 0.496 e. The van der Waals surface area contributed by atoms with Crippen LogP contribution in [0.25, 0.3) is 6.08 Å². The number of methoxy groups -OCH3 is 1. The molecule has 132 valence electrons. The Bertz CT molecular complexity index is 920. The van der Waals surface area contributed by atoms with Crippen LogP contribution in [0.15, 0.2) is 71.3 Å². The Morgan fingerprint density at radius 1 is 1.23 bits per heavy atom. The van der Waals surface area contributed by atoms with Gasteiger partial charge in [-0.15, -0.1) is 0 Å². The van der Waals surface area contributed by atoms with Gasteiger partial charge >= 0.3 is 0 Å². The number of nitrogens with zero attached hydrogens (tertiary/aromatic N) is 2. The molecule has 1 heterocycles. The van der Waals surface area contributed by atoms with Gasteiger partial charge in [-0.2, -0.15) is 5.10 Å². The van der Waals surface area contributed by atoms with Crippen molar-refractivity contribution in [1.29, 1.82) is 0 Å². The van der Waals surface area contributed by atoms with E-state index in [2.05, 4.69) is 26.3 Å². The van der Waals surface area contributed by atoms with Crippen LogP contribution in [0.1, 0.15) is 11.1 Å². The fourth-order valence-corrected chi connectivity index (χ4v) is 2.97. The van der Waals surface area contributed by atoms with Gasteiger partial charge in [-0.1, -0.05) is 36.4 Å². The quantitative estimate of drug-likeness (QED) is 0.613. The maximum Gasteiger partial charge on any atom is 0.249 e. The predicted octanol–water partition coefficient (Wildman–Crippen LogP) is 4.35. The normalized spacial score (nSPS) is 10.8. The number of hydrogen-bond acceptors (Lipinski definition) is 3. The second-order valence-corrected chi connectivity index (χ2v) is 6.46. The van der Waals surface area contributed by atoms with Crippen LogP contribution in [-0.2, 0) is 11.3 Å². The van der Waals surface area contributed by atoms with Crippen LogP contribution in [0, 0.1) is 0 Å². The summed E-state index contributed by atoms with van der Waals surface area (Å²) in [6.45, 7) is 0.659. The highest BCUT2D eigenvalue weighted by Crippen LogP contribution is 2.25. The van der Waals surface area contributed by atoms with Crippen molar-refractivity contribution in [3.05, 3.63) is 82.5 Å². The summed E-state index contributed by atoms with van der Waals surface area (Å²) in [6, 6.07) is 17.4. The maximum atomic E-state index is 12.1. The van der Waals surface area contributed by atoms with Crippen molar-refractivity contribution in [2.45, 2.75) is 6.54 Å². The third-order valence-electron chi connectivity index (χ3n) is 3.68. The van der Waals surface area contributed by atoms with E-state index >= 15 is 0 Å². The van der Waals surface area contributed by atoms with Crippen LogP contribution in [0.3, 0.4) is 0 Å². The van der Waals surface area contributed by atoms with E-state index in [0.29, 0.717) is 12.4 Å². The first-order valence-corrected chi connectivity index (χ1v) is 8.83. The summed E-state index contributed by atoms with van der Waals surface area (Å²) < 4.78 is 7.81. The summed E-state index contributed by atoms with van der Waals surface area (Å²) in [4.78, 5) is 12.1. The molecule has 1 aromatic heterocycles. The van der Waals surface area contributed by atoms with Crippen molar-refractivity contribution < 1.29 is 9.53 Å². The Labute approximate surface area is 160 Å². The molecule has 0 radical (unpaired) electrons. The van der Waals surface area contributed by atoms with Gasteiger partial charge in [-0.05, 0) is 45.3 Å². The number of ether oxygens (including phenoxy) is 1. The van der Waals surface area contributed by atoms with Crippen molar-refractivity contribution >= 4 is 33.7 Å². The van der Waals surface area contributed by atoms with Crippen molar-refractivity contribution in [3.8, 4) is 5.75 Å². The zero-order chi connectivity index (χ0) is 18.4. The minimum atomic E-state index is -0.234. The average Bonchev–Trinajstić information content (AvgIpc) is 3.07. The molecule has 1 amide bonds. The van der Waals surface area contributed by atoms with Crippen LogP contribution in [-0.4, -0.2) is 22.8 Å². The Balaban J connectivity index is 1.59. The number of amides is 1. The number of benzene rings is 2. The molecular formula is C20H18BrN3O2. The van der Waals surface area contributed by atoms with Crippen LogP contribution in [0.2, 0.25) is 0 Å². The summed E-state index contributed by atoms with van der Waals surface area (Å²) >= 11 is 3.43. The van der Waals surface area contributed by atoms with Gasteiger partial charge in [0.05, 0.1) is 18.1 Å². The second-order valence-electron chi connectivity index (χ2n) is 5.60. The molecule has 0 spiro atoms. The van der Waals surface area contributed by atoms with E-state index in [4.69, 9.17) is 4.74 Å². The minimum absolute atomic E-state index is 0.234. The first-order chi connectivity index (χ1) is 12.6. The van der Waals surface area contributed by atoms with Gasteiger partial charge < -0.3 is 10.1 Å². The standard InChI is InChI=1S/C20H18BrN3O2/c1-26-18-9-7-15(13-17(18)21)8-10-20(25)22-19-11-12-24(23-19)14-16-5-3-2-4-6-16/h2-13H,14H2,1H3,(H,22,23,25)/b10-8+. The van der Waals surface area contributed by atoms with Crippen molar-refractivity contribution in [2.75, 3.05) is 12.4 Å². The molecular weight excluding hydrogens is 394 g/mol. The summed E-state index contributed by atoms with van der Waals surface area (Å²) in [6.07, 6.45) is 5.05. The predicted molar refractivity (Wildman–Crippen MR) is 106 cm³/mol. The first kappa shape index (κ1) is 17.9. The van der Waals surface area contributed by atoms with E-state index in [1.807, 2.05) is 54.7 Å². The smallest absolute Gasteiger partial charge is 0.249 e. The topological polar surface area (TPSA) is 56.1 Å². The molecule has 0 atom stereocenters. The molecule has 0 bridgehead atoms. The molecule has 3 aromatic rings. The number of carbonyl (C=O) groups excluding carboxylic acids is 1. The molecule has 0 aliphatic carbocycles. The number of hydrogen-bond donors (Lipinski definition) is 1. The van der Waals surface area contributed by atoms with Gasteiger partial charge in [-0.25, -0.2) is 0 Å². The molecule has 3 rings (SSSR count). The molecule has 0 aliphatic heterocycles. The highest BCUT2D eigenvalue weighted by molar-refractivity contribution is 9.10. The van der Waals surface area contributed by atoms with E-state index in [-0.39, 0.29) is 5.91 Å². The SMILES string of the molecule is COc1ccc(/C=C/C(=O)Nc2ccn(Cc3ccccc3)n2)cc1Br. The lowest BCUT2D eigenvalue weighted by molar-refractivity contribution is -0.111. The molecule has 0 saturated carbocycles. The van der Waals surface area contributed by atoms with Crippen LogP contribution < -0.4 is 10.1 Å². The van der Waals surface area contributed by atoms with Gasteiger partial charge in [0.15, 0.2) is 5.82 Å². The number of carbonyl (C=O) groups is 1. The Hall–Kier alpha value is -2.86. The maximum absolute atomic E-state index is 12.1. The number of nitrogens with one attached hydrogen (secondary N) is 1. The fraction of sp³-hybridized carbons (Fsp3) is 0.100. The van der Waals surface area contributed by atoms with Crippen LogP contribution in [0.5, 0.6) is 5.75 Å². The third kappa shape index (κ3) is 4.83. The van der Waals surface area contributed by atoms with Gasteiger partial charge in [-0.3, -0.25) is 9.48 Å². The molecule has 5 nitrogen and oxygen atoms in total.